The lowest BCUT2D eigenvalue weighted by atomic mass is 9.79. The number of unbranched alkanes of at least 4 members (excludes halogenated alkanes) is 9. The standard InChI is InChI=1S/C22H46/c1-5-9-12-14-15-17-19-21(8-4)22(18-11-7-3)20-16-13-10-6-2/h21-22H,5-20H2,1-4H3. The Morgan fingerprint density at radius 3 is 1.36 bits per heavy atom. The molecule has 0 bridgehead atoms. The Bertz CT molecular complexity index is 196. The summed E-state index contributed by atoms with van der Waals surface area (Å²) in [4.78, 5) is 0. The molecule has 0 heteroatoms. The third kappa shape index (κ3) is 12.5. The second-order valence-electron chi connectivity index (χ2n) is 7.48. The van der Waals surface area contributed by atoms with Crippen molar-refractivity contribution in [2.75, 3.05) is 0 Å². The summed E-state index contributed by atoms with van der Waals surface area (Å²) in [5.41, 5.74) is 0. The van der Waals surface area contributed by atoms with Gasteiger partial charge in [-0.1, -0.05) is 130 Å². The van der Waals surface area contributed by atoms with Crippen LogP contribution in [0.15, 0.2) is 0 Å². The molecule has 0 amide bonds. The predicted octanol–water partition coefficient (Wildman–Crippen LogP) is 8.54. The number of hydrogen-bond acceptors (Lipinski definition) is 0. The third-order valence-corrected chi connectivity index (χ3v) is 5.48. The molecule has 0 aromatic heterocycles. The Balaban J connectivity index is 4.02. The van der Waals surface area contributed by atoms with Gasteiger partial charge in [0.15, 0.2) is 0 Å². The van der Waals surface area contributed by atoms with Gasteiger partial charge in [0.1, 0.15) is 0 Å². The maximum atomic E-state index is 2.44. The van der Waals surface area contributed by atoms with Crippen molar-refractivity contribution in [1.82, 2.24) is 0 Å². The molecule has 0 saturated heterocycles. The van der Waals surface area contributed by atoms with E-state index in [4.69, 9.17) is 0 Å². The molecule has 0 heterocycles. The molecule has 0 aliphatic heterocycles. The van der Waals surface area contributed by atoms with Crippen LogP contribution >= 0.6 is 0 Å². The van der Waals surface area contributed by atoms with Crippen LogP contribution in [0.25, 0.3) is 0 Å². The Hall–Kier alpha value is 0. The first-order valence-corrected chi connectivity index (χ1v) is 10.8. The molecule has 0 aliphatic rings. The van der Waals surface area contributed by atoms with E-state index in [-0.39, 0.29) is 0 Å². The molecule has 134 valence electrons. The fourth-order valence-electron chi connectivity index (χ4n) is 3.88. The average molecular weight is 311 g/mol. The highest BCUT2D eigenvalue weighted by molar-refractivity contribution is 4.70. The van der Waals surface area contributed by atoms with Crippen molar-refractivity contribution in [3.8, 4) is 0 Å². The van der Waals surface area contributed by atoms with Crippen molar-refractivity contribution < 1.29 is 0 Å². The minimum Gasteiger partial charge on any atom is -0.0654 e. The summed E-state index contributed by atoms with van der Waals surface area (Å²) < 4.78 is 0. The van der Waals surface area contributed by atoms with Crippen LogP contribution in [0.3, 0.4) is 0 Å². The molecule has 0 spiro atoms. The molecular weight excluding hydrogens is 264 g/mol. The molecule has 0 aromatic carbocycles. The van der Waals surface area contributed by atoms with Gasteiger partial charge in [-0.15, -0.1) is 0 Å². The minimum atomic E-state index is 1.01. The van der Waals surface area contributed by atoms with Crippen molar-refractivity contribution in [2.24, 2.45) is 11.8 Å². The van der Waals surface area contributed by atoms with E-state index in [1.165, 1.54) is 103 Å². The van der Waals surface area contributed by atoms with E-state index >= 15 is 0 Å². The van der Waals surface area contributed by atoms with Crippen LogP contribution in [0.2, 0.25) is 0 Å². The summed E-state index contributed by atoms with van der Waals surface area (Å²) in [7, 11) is 0. The normalized spacial score (nSPS) is 14.2. The summed E-state index contributed by atoms with van der Waals surface area (Å²) in [6.07, 6.45) is 23.2. The number of hydrogen-bond donors (Lipinski definition) is 0. The molecule has 0 N–H and O–H groups in total. The molecule has 0 fully saturated rings. The predicted molar refractivity (Wildman–Crippen MR) is 104 cm³/mol. The molecule has 0 saturated carbocycles. The fraction of sp³-hybridized carbons (Fsp3) is 1.00. The van der Waals surface area contributed by atoms with Gasteiger partial charge in [0.2, 0.25) is 0 Å². The van der Waals surface area contributed by atoms with E-state index in [0.29, 0.717) is 0 Å². The second kappa shape index (κ2) is 17.4. The molecule has 0 rings (SSSR count). The fourth-order valence-corrected chi connectivity index (χ4v) is 3.88. The van der Waals surface area contributed by atoms with Gasteiger partial charge in [0.25, 0.3) is 0 Å². The lowest BCUT2D eigenvalue weighted by Gasteiger charge is -2.26. The highest BCUT2D eigenvalue weighted by atomic mass is 14.2. The smallest absolute Gasteiger partial charge is 0.0386 e. The van der Waals surface area contributed by atoms with Crippen LogP contribution in [-0.2, 0) is 0 Å². The lowest BCUT2D eigenvalue weighted by Crippen LogP contribution is -2.15. The first kappa shape index (κ1) is 22.0. The van der Waals surface area contributed by atoms with E-state index in [1.54, 1.807) is 0 Å². The van der Waals surface area contributed by atoms with Gasteiger partial charge < -0.3 is 0 Å². The van der Waals surface area contributed by atoms with Gasteiger partial charge >= 0.3 is 0 Å². The molecule has 0 radical (unpaired) electrons. The van der Waals surface area contributed by atoms with E-state index in [9.17, 15) is 0 Å². The first-order chi connectivity index (χ1) is 10.8. The van der Waals surface area contributed by atoms with Gasteiger partial charge in [-0.25, -0.2) is 0 Å². The van der Waals surface area contributed by atoms with Crippen LogP contribution in [0.5, 0.6) is 0 Å². The second-order valence-corrected chi connectivity index (χ2v) is 7.48. The monoisotopic (exact) mass is 310 g/mol. The van der Waals surface area contributed by atoms with Gasteiger partial charge in [-0.05, 0) is 11.8 Å². The molecule has 0 aromatic rings. The van der Waals surface area contributed by atoms with Crippen molar-refractivity contribution in [2.45, 2.75) is 130 Å². The van der Waals surface area contributed by atoms with Crippen LogP contribution in [-0.4, -0.2) is 0 Å². The first-order valence-electron chi connectivity index (χ1n) is 10.8. The highest BCUT2D eigenvalue weighted by Crippen LogP contribution is 2.31. The van der Waals surface area contributed by atoms with Crippen molar-refractivity contribution in [3.63, 3.8) is 0 Å². The van der Waals surface area contributed by atoms with Crippen LogP contribution in [0, 0.1) is 11.8 Å². The zero-order valence-corrected chi connectivity index (χ0v) is 16.5. The summed E-state index contributed by atoms with van der Waals surface area (Å²) in [5.74, 6) is 2.04. The van der Waals surface area contributed by atoms with Gasteiger partial charge in [0.05, 0.1) is 0 Å². The topological polar surface area (TPSA) is 0 Å². The summed E-state index contributed by atoms with van der Waals surface area (Å²) in [6.45, 7) is 9.42. The SMILES string of the molecule is CCCCCCCCC(CC)C(CCCC)CCCCCC. The average Bonchev–Trinajstić information content (AvgIpc) is 2.54. The number of rotatable bonds is 17. The van der Waals surface area contributed by atoms with E-state index in [0.717, 1.165) is 11.8 Å². The van der Waals surface area contributed by atoms with Crippen LogP contribution in [0.1, 0.15) is 130 Å². The summed E-state index contributed by atoms with van der Waals surface area (Å²) >= 11 is 0. The zero-order valence-electron chi connectivity index (χ0n) is 16.5. The molecule has 22 heavy (non-hydrogen) atoms. The molecule has 2 unspecified atom stereocenters. The van der Waals surface area contributed by atoms with Crippen LogP contribution in [0.4, 0.5) is 0 Å². The zero-order chi connectivity index (χ0) is 16.5. The Labute approximate surface area is 142 Å². The molecule has 0 aliphatic carbocycles. The quantitative estimate of drug-likeness (QED) is 0.236. The van der Waals surface area contributed by atoms with E-state index < -0.39 is 0 Å². The summed E-state index contributed by atoms with van der Waals surface area (Å²) in [6, 6.07) is 0. The molecular formula is C22H46. The molecule has 2 atom stereocenters. The van der Waals surface area contributed by atoms with Crippen molar-refractivity contribution in [3.05, 3.63) is 0 Å². The van der Waals surface area contributed by atoms with Gasteiger partial charge in [-0.3, -0.25) is 0 Å². The maximum absolute atomic E-state index is 2.44. The lowest BCUT2D eigenvalue weighted by molar-refractivity contribution is 0.251. The molecule has 0 nitrogen and oxygen atoms in total. The van der Waals surface area contributed by atoms with E-state index in [1.807, 2.05) is 0 Å². The minimum absolute atomic E-state index is 1.01. The third-order valence-electron chi connectivity index (χ3n) is 5.48. The Morgan fingerprint density at radius 1 is 0.409 bits per heavy atom. The van der Waals surface area contributed by atoms with Crippen molar-refractivity contribution in [1.29, 1.82) is 0 Å². The largest absolute Gasteiger partial charge is 0.0654 e. The van der Waals surface area contributed by atoms with Crippen molar-refractivity contribution >= 4 is 0 Å². The Kier molecular flexibility index (Phi) is 17.4. The summed E-state index contributed by atoms with van der Waals surface area (Å²) in [5, 5.41) is 0. The van der Waals surface area contributed by atoms with Gasteiger partial charge in [0, 0.05) is 0 Å². The van der Waals surface area contributed by atoms with Crippen LogP contribution < -0.4 is 0 Å². The highest BCUT2D eigenvalue weighted by Gasteiger charge is 2.18. The maximum Gasteiger partial charge on any atom is -0.0386 e. The van der Waals surface area contributed by atoms with Gasteiger partial charge in [-0.2, -0.15) is 0 Å². The Morgan fingerprint density at radius 2 is 0.818 bits per heavy atom. The van der Waals surface area contributed by atoms with E-state index in [2.05, 4.69) is 27.7 Å².